The van der Waals surface area contributed by atoms with E-state index in [1.165, 1.54) is 5.56 Å². The van der Waals surface area contributed by atoms with Crippen molar-refractivity contribution in [3.05, 3.63) is 35.9 Å². The van der Waals surface area contributed by atoms with E-state index in [0.29, 0.717) is 0 Å². The predicted molar refractivity (Wildman–Crippen MR) is 55.0 cm³/mol. The van der Waals surface area contributed by atoms with Crippen LogP contribution in [0.15, 0.2) is 35.4 Å². The summed E-state index contributed by atoms with van der Waals surface area (Å²) in [5.41, 5.74) is 15.2. The molecule has 0 aliphatic carbocycles. The third-order valence-corrected chi connectivity index (χ3v) is 2.07. The molecular weight excluding hydrogens is 178 g/mol. The van der Waals surface area contributed by atoms with Crippen molar-refractivity contribution in [1.29, 1.82) is 0 Å². The van der Waals surface area contributed by atoms with Crippen LogP contribution in [0, 0.1) is 0 Å². The SMILES string of the molecule is NC(Cc1ccccc1)C1=NNNN1. The van der Waals surface area contributed by atoms with E-state index >= 15 is 0 Å². The second-order valence-corrected chi connectivity index (χ2v) is 3.16. The first-order valence-corrected chi connectivity index (χ1v) is 4.49. The van der Waals surface area contributed by atoms with E-state index in [2.05, 4.69) is 33.7 Å². The maximum absolute atomic E-state index is 5.94. The van der Waals surface area contributed by atoms with Crippen molar-refractivity contribution in [2.75, 3.05) is 0 Å². The maximum Gasteiger partial charge on any atom is 0.156 e. The lowest BCUT2D eigenvalue weighted by Crippen LogP contribution is -2.44. The Morgan fingerprint density at radius 2 is 2.07 bits per heavy atom. The minimum Gasteiger partial charge on any atom is -0.321 e. The molecule has 1 aliphatic rings. The molecule has 1 unspecified atom stereocenters. The van der Waals surface area contributed by atoms with Crippen molar-refractivity contribution in [3.8, 4) is 0 Å². The number of hydrogen-bond acceptors (Lipinski definition) is 5. The first-order valence-electron chi connectivity index (χ1n) is 4.49. The second-order valence-electron chi connectivity index (χ2n) is 3.16. The van der Waals surface area contributed by atoms with E-state index in [0.717, 1.165) is 12.3 Å². The summed E-state index contributed by atoms with van der Waals surface area (Å²) in [7, 11) is 0. The second kappa shape index (κ2) is 4.08. The summed E-state index contributed by atoms with van der Waals surface area (Å²) in [5, 5.41) is 3.95. The van der Waals surface area contributed by atoms with Gasteiger partial charge in [-0.1, -0.05) is 30.3 Å². The van der Waals surface area contributed by atoms with Crippen molar-refractivity contribution in [3.63, 3.8) is 0 Å². The van der Waals surface area contributed by atoms with E-state index in [-0.39, 0.29) is 6.04 Å². The van der Waals surface area contributed by atoms with Gasteiger partial charge in [0, 0.05) is 0 Å². The van der Waals surface area contributed by atoms with Crippen LogP contribution in [0.2, 0.25) is 0 Å². The van der Waals surface area contributed by atoms with Gasteiger partial charge in [-0.05, 0) is 12.0 Å². The zero-order chi connectivity index (χ0) is 9.80. The molecule has 0 spiro atoms. The summed E-state index contributed by atoms with van der Waals surface area (Å²) >= 11 is 0. The number of nitrogens with zero attached hydrogens (tertiary/aromatic N) is 1. The number of amidine groups is 1. The lowest BCUT2D eigenvalue weighted by molar-refractivity contribution is 0.574. The van der Waals surface area contributed by atoms with Gasteiger partial charge in [-0.25, -0.2) is 5.53 Å². The summed E-state index contributed by atoms with van der Waals surface area (Å²) in [6.45, 7) is 0. The zero-order valence-corrected chi connectivity index (χ0v) is 7.70. The fourth-order valence-electron chi connectivity index (χ4n) is 1.35. The van der Waals surface area contributed by atoms with E-state index < -0.39 is 0 Å². The Hall–Kier alpha value is -1.59. The highest BCUT2D eigenvalue weighted by atomic mass is 15.8. The van der Waals surface area contributed by atoms with Crippen LogP contribution in [-0.2, 0) is 6.42 Å². The average Bonchev–Trinajstić information content (AvgIpc) is 2.72. The molecule has 1 aliphatic heterocycles. The van der Waals surface area contributed by atoms with Gasteiger partial charge in [0.25, 0.3) is 0 Å². The van der Waals surface area contributed by atoms with E-state index in [1.54, 1.807) is 0 Å². The third-order valence-electron chi connectivity index (χ3n) is 2.07. The standard InChI is InChI=1S/C9H13N5/c10-8(9-11-13-14-12-9)6-7-4-2-1-3-5-7/h1-5,8,13-14H,6,10H2,(H,11,12). The largest absolute Gasteiger partial charge is 0.321 e. The molecule has 0 bridgehead atoms. The molecule has 0 saturated heterocycles. The summed E-state index contributed by atoms with van der Waals surface area (Å²) in [6, 6.07) is 9.99. The molecule has 0 radical (unpaired) electrons. The number of hydrazine groups is 2. The van der Waals surface area contributed by atoms with Gasteiger partial charge in [0.05, 0.1) is 6.04 Å². The summed E-state index contributed by atoms with van der Waals surface area (Å²) in [6.07, 6.45) is 0.774. The normalized spacial score (nSPS) is 16.8. The number of nitrogens with two attached hydrogens (primary N) is 1. The zero-order valence-electron chi connectivity index (χ0n) is 7.70. The van der Waals surface area contributed by atoms with E-state index in [4.69, 9.17) is 5.73 Å². The fraction of sp³-hybridized carbons (Fsp3) is 0.222. The lowest BCUT2D eigenvalue weighted by Gasteiger charge is -2.10. The Balaban J connectivity index is 1.97. The molecule has 1 atom stereocenters. The van der Waals surface area contributed by atoms with Crippen LogP contribution in [0.25, 0.3) is 0 Å². The average molecular weight is 191 g/mol. The third kappa shape index (κ3) is 2.01. The fourth-order valence-corrected chi connectivity index (χ4v) is 1.35. The van der Waals surface area contributed by atoms with Gasteiger partial charge in [-0.2, -0.15) is 0 Å². The molecule has 14 heavy (non-hydrogen) atoms. The Labute approximate surface area is 82.3 Å². The van der Waals surface area contributed by atoms with Gasteiger partial charge >= 0.3 is 0 Å². The lowest BCUT2D eigenvalue weighted by atomic mass is 10.1. The first kappa shape index (κ1) is 8.98. The highest BCUT2D eigenvalue weighted by molar-refractivity contribution is 5.87. The van der Waals surface area contributed by atoms with Crippen LogP contribution < -0.4 is 22.2 Å². The monoisotopic (exact) mass is 191 g/mol. The van der Waals surface area contributed by atoms with Gasteiger partial charge in [-0.3, -0.25) is 5.43 Å². The first-order chi connectivity index (χ1) is 6.86. The quantitative estimate of drug-likeness (QED) is 0.519. The van der Waals surface area contributed by atoms with Crippen LogP contribution in [0.3, 0.4) is 0 Å². The molecule has 5 nitrogen and oxygen atoms in total. The number of hydrogen-bond donors (Lipinski definition) is 4. The van der Waals surface area contributed by atoms with E-state index in [9.17, 15) is 0 Å². The molecule has 1 aromatic carbocycles. The molecule has 2 rings (SSSR count). The highest BCUT2D eigenvalue weighted by Crippen LogP contribution is 2.02. The minimum atomic E-state index is -0.111. The molecule has 74 valence electrons. The van der Waals surface area contributed by atoms with Gasteiger partial charge in [0.1, 0.15) is 0 Å². The predicted octanol–water partition coefficient (Wildman–Crippen LogP) is -0.518. The molecule has 1 heterocycles. The van der Waals surface area contributed by atoms with Gasteiger partial charge < -0.3 is 5.73 Å². The smallest absolute Gasteiger partial charge is 0.156 e. The summed E-state index contributed by atoms with van der Waals surface area (Å²) in [5.74, 6) is 0.730. The Kier molecular flexibility index (Phi) is 2.62. The Morgan fingerprint density at radius 3 is 2.71 bits per heavy atom. The highest BCUT2D eigenvalue weighted by Gasteiger charge is 2.14. The van der Waals surface area contributed by atoms with Crippen molar-refractivity contribution in [1.82, 2.24) is 16.5 Å². The Bertz CT molecular complexity index is 321. The van der Waals surface area contributed by atoms with Crippen molar-refractivity contribution in [2.45, 2.75) is 12.5 Å². The molecular formula is C9H13N5. The summed E-state index contributed by atoms with van der Waals surface area (Å²) < 4.78 is 0. The number of benzene rings is 1. The van der Waals surface area contributed by atoms with Crippen LogP contribution in [0.4, 0.5) is 0 Å². The molecule has 0 fully saturated rings. The van der Waals surface area contributed by atoms with Crippen LogP contribution in [-0.4, -0.2) is 11.9 Å². The van der Waals surface area contributed by atoms with Crippen molar-refractivity contribution >= 4 is 5.84 Å². The molecule has 0 amide bonds. The molecule has 0 saturated carbocycles. The number of nitrogens with one attached hydrogen (secondary N) is 3. The number of rotatable bonds is 3. The van der Waals surface area contributed by atoms with Crippen LogP contribution >= 0.6 is 0 Å². The molecule has 0 aromatic heterocycles. The maximum atomic E-state index is 5.94. The van der Waals surface area contributed by atoms with Crippen LogP contribution in [0.1, 0.15) is 5.56 Å². The number of hydrazone groups is 1. The van der Waals surface area contributed by atoms with Crippen LogP contribution in [0.5, 0.6) is 0 Å². The van der Waals surface area contributed by atoms with Gasteiger partial charge in [-0.15, -0.1) is 10.6 Å². The van der Waals surface area contributed by atoms with Gasteiger partial charge in [0.15, 0.2) is 5.84 Å². The van der Waals surface area contributed by atoms with Gasteiger partial charge in [0.2, 0.25) is 0 Å². The molecule has 5 N–H and O–H groups in total. The molecule has 1 aromatic rings. The Morgan fingerprint density at radius 1 is 1.29 bits per heavy atom. The minimum absolute atomic E-state index is 0.111. The summed E-state index contributed by atoms with van der Waals surface area (Å²) in [4.78, 5) is 0. The van der Waals surface area contributed by atoms with Crippen molar-refractivity contribution < 1.29 is 0 Å². The van der Waals surface area contributed by atoms with E-state index in [1.807, 2.05) is 18.2 Å². The topological polar surface area (TPSA) is 74.5 Å². The molecule has 5 heteroatoms. The van der Waals surface area contributed by atoms with Crippen molar-refractivity contribution in [2.24, 2.45) is 10.8 Å².